The van der Waals surface area contributed by atoms with E-state index in [-0.39, 0.29) is 11.3 Å². The van der Waals surface area contributed by atoms with Crippen molar-refractivity contribution in [3.8, 4) is 0 Å². The largest absolute Gasteiger partial charge is 0.478 e. The van der Waals surface area contributed by atoms with Crippen molar-refractivity contribution in [3.63, 3.8) is 0 Å². The molecule has 2 rings (SSSR count). The number of carbonyl (C=O) groups is 3. The number of halogens is 2. The first kappa shape index (κ1) is 19.2. The van der Waals surface area contributed by atoms with E-state index in [1.807, 2.05) is 0 Å². The number of hydrogen-bond donors (Lipinski definition) is 2. The highest BCUT2D eigenvalue weighted by atomic mass is 79.9. The maximum Gasteiger partial charge on any atom is 0.328 e. The highest BCUT2D eigenvalue weighted by Crippen LogP contribution is 2.16. The maximum atomic E-state index is 13.4. The van der Waals surface area contributed by atoms with Gasteiger partial charge in [0.1, 0.15) is 5.82 Å². The molecule has 0 saturated carbocycles. The van der Waals surface area contributed by atoms with Crippen LogP contribution in [0.5, 0.6) is 0 Å². The van der Waals surface area contributed by atoms with Crippen LogP contribution in [0.25, 0.3) is 0 Å². The van der Waals surface area contributed by atoms with Crippen molar-refractivity contribution < 1.29 is 29.0 Å². The summed E-state index contributed by atoms with van der Waals surface area (Å²) in [6.45, 7) is 0. The molecule has 0 radical (unpaired) electrons. The molecule has 0 spiro atoms. The third-order valence-corrected chi connectivity index (χ3v) is 3.12. The summed E-state index contributed by atoms with van der Waals surface area (Å²) in [5.41, 5.74) is 0.582. The highest BCUT2D eigenvalue weighted by molar-refractivity contribution is 9.10. The van der Waals surface area contributed by atoms with Crippen molar-refractivity contribution in [2.45, 2.75) is 0 Å². The maximum absolute atomic E-state index is 13.4. The quantitative estimate of drug-likeness (QED) is 0.611. The fourth-order valence-electron chi connectivity index (χ4n) is 1.54. The van der Waals surface area contributed by atoms with E-state index < -0.39 is 17.8 Å². The van der Waals surface area contributed by atoms with Gasteiger partial charge in [0.2, 0.25) is 0 Å². The molecule has 0 aliphatic heterocycles. The van der Waals surface area contributed by atoms with Crippen molar-refractivity contribution in [1.82, 2.24) is 0 Å². The SMILES string of the molecule is O=C(O)/C=C/C(=O)O.O=C(c1ccc(Br)cc1)c1ccccc1F. The Labute approximate surface area is 145 Å². The Bertz CT molecular complexity index is 753. The molecule has 5 nitrogen and oxygen atoms in total. The lowest BCUT2D eigenvalue weighted by atomic mass is 10.0. The number of carbonyl (C=O) groups excluding carboxylic acids is 1. The molecule has 24 heavy (non-hydrogen) atoms. The lowest BCUT2D eigenvalue weighted by molar-refractivity contribution is -0.134. The van der Waals surface area contributed by atoms with Crippen molar-refractivity contribution in [3.05, 3.63) is 82.1 Å². The number of benzene rings is 2. The Balaban J connectivity index is 0.000000307. The van der Waals surface area contributed by atoms with E-state index in [2.05, 4.69) is 15.9 Å². The van der Waals surface area contributed by atoms with Crippen LogP contribution in [-0.2, 0) is 9.59 Å². The summed E-state index contributed by atoms with van der Waals surface area (Å²) in [6, 6.07) is 12.8. The van der Waals surface area contributed by atoms with Gasteiger partial charge in [0.15, 0.2) is 5.78 Å². The minimum absolute atomic E-state index is 0.102. The van der Waals surface area contributed by atoms with E-state index in [9.17, 15) is 18.8 Å². The van der Waals surface area contributed by atoms with Crippen LogP contribution in [-0.4, -0.2) is 27.9 Å². The summed E-state index contributed by atoms with van der Waals surface area (Å²) in [7, 11) is 0. The van der Waals surface area contributed by atoms with Gasteiger partial charge in [0.25, 0.3) is 0 Å². The minimum atomic E-state index is -1.26. The molecule has 0 unspecified atom stereocenters. The standard InChI is InChI=1S/C13H8BrFO.C4H4O4/c14-10-7-5-9(6-8-10)13(16)11-3-1-2-4-12(11)15;5-3(6)1-2-4(7)8/h1-8H;1-2H,(H,5,6)(H,7,8)/b;2-1+. The van der Waals surface area contributed by atoms with Gasteiger partial charge in [-0.15, -0.1) is 0 Å². The topological polar surface area (TPSA) is 91.7 Å². The summed E-state index contributed by atoms with van der Waals surface area (Å²) in [6.07, 6.45) is 1.12. The van der Waals surface area contributed by atoms with Crippen LogP contribution in [0.1, 0.15) is 15.9 Å². The van der Waals surface area contributed by atoms with Gasteiger partial charge in [0, 0.05) is 22.2 Å². The van der Waals surface area contributed by atoms with E-state index in [0.29, 0.717) is 17.7 Å². The Morgan fingerprint density at radius 3 is 1.83 bits per heavy atom. The van der Waals surface area contributed by atoms with Crippen LogP contribution in [0.15, 0.2) is 65.2 Å². The molecule has 0 atom stereocenters. The van der Waals surface area contributed by atoms with Crippen molar-refractivity contribution in [1.29, 1.82) is 0 Å². The van der Waals surface area contributed by atoms with Crippen LogP contribution in [0.4, 0.5) is 4.39 Å². The van der Waals surface area contributed by atoms with Crippen molar-refractivity contribution in [2.75, 3.05) is 0 Å². The lowest BCUT2D eigenvalue weighted by Crippen LogP contribution is -2.03. The van der Waals surface area contributed by atoms with Crippen LogP contribution >= 0.6 is 15.9 Å². The van der Waals surface area contributed by atoms with Crippen molar-refractivity contribution in [2.24, 2.45) is 0 Å². The number of carboxylic acid groups (broad SMARTS) is 2. The summed E-state index contributed by atoms with van der Waals surface area (Å²) >= 11 is 3.28. The van der Waals surface area contributed by atoms with Crippen LogP contribution in [0.2, 0.25) is 0 Å². The molecule has 124 valence electrons. The molecule has 0 amide bonds. The predicted octanol–water partition coefficient (Wildman–Crippen LogP) is 3.53. The zero-order chi connectivity index (χ0) is 18.1. The van der Waals surface area contributed by atoms with Gasteiger partial charge < -0.3 is 10.2 Å². The number of carboxylic acids is 2. The minimum Gasteiger partial charge on any atom is -0.478 e. The van der Waals surface area contributed by atoms with Gasteiger partial charge >= 0.3 is 11.9 Å². The molecule has 0 saturated heterocycles. The average molecular weight is 395 g/mol. The molecule has 7 heteroatoms. The van der Waals surface area contributed by atoms with E-state index in [4.69, 9.17) is 10.2 Å². The fraction of sp³-hybridized carbons (Fsp3) is 0. The van der Waals surface area contributed by atoms with E-state index >= 15 is 0 Å². The molecule has 2 N–H and O–H groups in total. The second-order valence-electron chi connectivity index (χ2n) is 4.33. The van der Waals surface area contributed by atoms with Gasteiger partial charge in [-0.2, -0.15) is 0 Å². The highest BCUT2D eigenvalue weighted by Gasteiger charge is 2.12. The number of rotatable bonds is 4. The van der Waals surface area contributed by atoms with Gasteiger partial charge in [0.05, 0.1) is 5.56 Å². The number of aliphatic carboxylic acids is 2. The molecule has 0 aliphatic rings. The second-order valence-corrected chi connectivity index (χ2v) is 5.24. The molecule has 2 aromatic rings. The Morgan fingerprint density at radius 2 is 1.38 bits per heavy atom. The Hall–Kier alpha value is -2.80. The third-order valence-electron chi connectivity index (χ3n) is 2.59. The summed E-state index contributed by atoms with van der Waals surface area (Å²) in [5.74, 6) is -3.30. The Kier molecular flexibility index (Phi) is 7.51. The van der Waals surface area contributed by atoms with Gasteiger partial charge in [-0.1, -0.05) is 28.1 Å². The van der Waals surface area contributed by atoms with Crippen molar-refractivity contribution >= 4 is 33.7 Å². The monoisotopic (exact) mass is 394 g/mol. The van der Waals surface area contributed by atoms with Crippen LogP contribution in [0, 0.1) is 5.82 Å². The number of ketones is 1. The zero-order valence-electron chi connectivity index (χ0n) is 12.1. The first-order valence-corrected chi connectivity index (χ1v) is 7.29. The van der Waals surface area contributed by atoms with Gasteiger partial charge in [-0.25, -0.2) is 14.0 Å². The smallest absolute Gasteiger partial charge is 0.328 e. The normalized spacial score (nSPS) is 9.92. The van der Waals surface area contributed by atoms with E-state index in [0.717, 1.165) is 4.47 Å². The molecular formula is C17H12BrFO5. The zero-order valence-corrected chi connectivity index (χ0v) is 13.7. The third kappa shape index (κ3) is 6.53. The summed E-state index contributed by atoms with van der Waals surface area (Å²) in [5, 5.41) is 15.6. The molecule has 0 aromatic heterocycles. The fourth-order valence-corrected chi connectivity index (χ4v) is 1.81. The van der Waals surface area contributed by atoms with Crippen LogP contribution in [0.3, 0.4) is 0 Å². The Morgan fingerprint density at radius 1 is 0.875 bits per heavy atom. The molecule has 0 bridgehead atoms. The molecular weight excluding hydrogens is 383 g/mol. The van der Waals surface area contributed by atoms with Crippen LogP contribution < -0.4 is 0 Å². The molecule has 2 aromatic carbocycles. The van der Waals surface area contributed by atoms with E-state index in [1.54, 1.807) is 36.4 Å². The molecule has 0 aliphatic carbocycles. The number of hydrogen-bond acceptors (Lipinski definition) is 3. The predicted molar refractivity (Wildman–Crippen MR) is 88.4 cm³/mol. The van der Waals surface area contributed by atoms with Gasteiger partial charge in [-0.05, 0) is 36.4 Å². The van der Waals surface area contributed by atoms with E-state index in [1.165, 1.54) is 12.1 Å². The average Bonchev–Trinajstić information content (AvgIpc) is 2.54. The molecule has 0 heterocycles. The summed E-state index contributed by atoms with van der Waals surface area (Å²) in [4.78, 5) is 31.0. The second kappa shape index (κ2) is 9.36. The van der Waals surface area contributed by atoms with Gasteiger partial charge in [-0.3, -0.25) is 4.79 Å². The lowest BCUT2D eigenvalue weighted by Gasteiger charge is -2.02. The first-order chi connectivity index (χ1) is 11.3. The molecule has 0 fully saturated rings. The first-order valence-electron chi connectivity index (χ1n) is 6.50. The summed E-state index contributed by atoms with van der Waals surface area (Å²) < 4.78 is 14.3.